The predicted molar refractivity (Wildman–Crippen MR) is 105 cm³/mol. The van der Waals surface area contributed by atoms with E-state index in [2.05, 4.69) is 15.5 Å². The van der Waals surface area contributed by atoms with Crippen molar-refractivity contribution in [3.05, 3.63) is 29.7 Å². The van der Waals surface area contributed by atoms with E-state index in [0.29, 0.717) is 46.7 Å². The number of hydrogen-bond donors (Lipinski definition) is 1. The maximum atomic E-state index is 12.2. The summed E-state index contributed by atoms with van der Waals surface area (Å²) in [6, 6.07) is 6.02. The first-order valence-electron chi connectivity index (χ1n) is 9.60. The number of amides is 1. The molecule has 2 aliphatic carbocycles. The van der Waals surface area contributed by atoms with Gasteiger partial charge in [-0.05, 0) is 48.8 Å². The van der Waals surface area contributed by atoms with Crippen LogP contribution in [0.1, 0.15) is 37.1 Å². The molecule has 1 aromatic heterocycles. The Bertz CT molecular complexity index is 841. The minimum atomic E-state index is 0.0437. The second kappa shape index (κ2) is 8.43. The molecular weight excluding hydrogens is 378 g/mol. The van der Waals surface area contributed by atoms with Gasteiger partial charge in [-0.1, -0.05) is 24.2 Å². The Morgan fingerprint density at radius 1 is 1.21 bits per heavy atom. The van der Waals surface area contributed by atoms with Gasteiger partial charge in [-0.25, -0.2) is 0 Å². The van der Waals surface area contributed by atoms with Gasteiger partial charge in [0.05, 0.1) is 26.4 Å². The Kier molecular flexibility index (Phi) is 5.75. The van der Waals surface area contributed by atoms with Crippen LogP contribution < -0.4 is 14.8 Å². The van der Waals surface area contributed by atoms with Gasteiger partial charge in [0.2, 0.25) is 11.8 Å². The molecule has 4 rings (SSSR count). The van der Waals surface area contributed by atoms with Gasteiger partial charge >= 0.3 is 0 Å². The van der Waals surface area contributed by atoms with E-state index in [4.69, 9.17) is 13.9 Å². The summed E-state index contributed by atoms with van der Waals surface area (Å²) in [7, 11) is 3.21. The third-order valence-electron chi connectivity index (χ3n) is 5.66. The molecule has 2 fully saturated rings. The van der Waals surface area contributed by atoms with Crippen LogP contribution in [-0.4, -0.2) is 42.1 Å². The van der Waals surface area contributed by atoms with Gasteiger partial charge in [-0.3, -0.25) is 4.79 Å². The van der Waals surface area contributed by atoms with Gasteiger partial charge in [0, 0.05) is 6.04 Å². The number of fused-ring (bicyclic) bond motifs is 2. The molecule has 150 valence electrons. The molecule has 2 bridgehead atoms. The molecule has 8 heteroatoms. The molecule has 1 amide bonds. The lowest BCUT2D eigenvalue weighted by Crippen LogP contribution is -2.39. The van der Waals surface area contributed by atoms with Crippen LogP contribution in [0, 0.1) is 11.8 Å². The third-order valence-corrected chi connectivity index (χ3v) is 6.48. The fraction of sp³-hybridized carbons (Fsp3) is 0.550. The Balaban J connectivity index is 1.28. The zero-order valence-corrected chi connectivity index (χ0v) is 17.0. The minimum Gasteiger partial charge on any atom is -0.493 e. The number of ether oxygens (including phenoxy) is 2. The van der Waals surface area contributed by atoms with Crippen LogP contribution >= 0.6 is 11.8 Å². The van der Waals surface area contributed by atoms with E-state index in [9.17, 15) is 4.79 Å². The fourth-order valence-electron chi connectivity index (χ4n) is 4.33. The highest BCUT2D eigenvalue weighted by Gasteiger charge is 2.40. The van der Waals surface area contributed by atoms with Crippen LogP contribution in [0.25, 0.3) is 0 Å². The molecule has 0 spiro atoms. The summed E-state index contributed by atoms with van der Waals surface area (Å²) in [6.45, 7) is 0. The maximum Gasteiger partial charge on any atom is 0.277 e. The largest absolute Gasteiger partial charge is 0.493 e. The zero-order chi connectivity index (χ0) is 19.5. The number of nitrogens with one attached hydrogen (secondary N) is 1. The van der Waals surface area contributed by atoms with Crippen LogP contribution in [-0.2, 0) is 11.2 Å². The van der Waals surface area contributed by atoms with E-state index >= 15 is 0 Å². The molecule has 3 atom stereocenters. The lowest BCUT2D eigenvalue weighted by molar-refractivity contribution is -0.119. The van der Waals surface area contributed by atoms with E-state index in [1.165, 1.54) is 31.0 Å². The first kappa shape index (κ1) is 19.1. The van der Waals surface area contributed by atoms with Crippen LogP contribution in [0.5, 0.6) is 11.5 Å². The lowest BCUT2D eigenvalue weighted by atomic mass is 9.95. The molecule has 0 saturated heterocycles. The second-order valence-corrected chi connectivity index (χ2v) is 8.39. The SMILES string of the molecule is COc1ccc(Cc2nnc(SCC(=O)N[C@@H]3C[C@H]4CC[C@@H]3C4)o2)cc1OC. The Labute approximate surface area is 168 Å². The van der Waals surface area contributed by atoms with Crippen molar-refractivity contribution in [3.8, 4) is 11.5 Å². The van der Waals surface area contributed by atoms with Crippen molar-refractivity contribution in [2.75, 3.05) is 20.0 Å². The predicted octanol–water partition coefficient (Wildman–Crippen LogP) is 3.07. The van der Waals surface area contributed by atoms with Crippen molar-refractivity contribution in [2.45, 2.75) is 43.4 Å². The van der Waals surface area contributed by atoms with Crippen molar-refractivity contribution in [3.63, 3.8) is 0 Å². The molecule has 2 aromatic rings. The average Bonchev–Trinajstić information content (AvgIpc) is 3.43. The van der Waals surface area contributed by atoms with Crippen molar-refractivity contribution in [1.82, 2.24) is 15.5 Å². The Hall–Kier alpha value is -2.22. The Morgan fingerprint density at radius 2 is 2.07 bits per heavy atom. The lowest BCUT2D eigenvalue weighted by Gasteiger charge is -2.22. The van der Waals surface area contributed by atoms with Crippen LogP contribution in [0.15, 0.2) is 27.8 Å². The van der Waals surface area contributed by atoms with Gasteiger partial charge in [-0.2, -0.15) is 0 Å². The fourth-order valence-corrected chi connectivity index (χ4v) is 4.92. The zero-order valence-electron chi connectivity index (χ0n) is 16.1. The summed E-state index contributed by atoms with van der Waals surface area (Å²) >= 11 is 1.28. The molecule has 0 radical (unpaired) electrons. The molecule has 28 heavy (non-hydrogen) atoms. The molecule has 1 aromatic carbocycles. The number of carbonyl (C=O) groups excluding carboxylic acids is 1. The summed E-state index contributed by atoms with van der Waals surface area (Å²) in [4.78, 5) is 12.2. The van der Waals surface area contributed by atoms with Gasteiger partial charge < -0.3 is 19.2 Å². The molecule has 0 unspecified atom stereocenters. The van der Waals surface area contributed by atoms with Gasteiger partial charge in [0.15, 0.2) is 11.5 Å². The van der Waals surface area contributed by atoms with Crippen molar-refractivity contribution >= 4 is 17.7 Å². The number of aromatic nitrogens is 2. The topological polar surface area (TPSA) is 86.5 Å². The second-order valence-electron chi connectivity index (χ2n) is 7.47. The molecule has 1 heterocycles. The number of thioether (sulfide) groups is 1. The normalized spacial score (nSPS) is 23.0. The van der Waals surface area contributed by atoms with Crippen LogP contribution in [0.4, 0.5) is 0 Å². The summed E-state index contributed by atoms with van der Waals surface area (Å²) in [5, 5.41) is 11.7. The number of nitrogens with zero attached hydrogens (tertiary/aromatic N) is 2. The van der Waals surface area contributed by atoms with Crippen molar-refractivity contribution in [1.29, 1.82) is 0 Å². The smallest absolute Gasteiger partial charge is 0.277 e. The molecule has 2 saturated carbocycles. The van der Waals surface area contributed by atoms with E-state index in [-0.39, 0.29) is 5.91 Å². The summed E-state index contributed by atoms with van der Waals surface area (Å²) < 4.78 is 16.2. The molecule has 0 aliphatic heterocycles. The molecule has 1 N–H and O–H groups in total. The number of hydrogen-bond acceptors (Lipinski definition) is 7. The number of benzene rings is 1. The number of methoxy groups -OCH3 is 2. The third kappa shape index (κ3) is 4.27. The highest BCUT2D eigenvalue weighted by molar-refractivity contribution is 7.99. The van der Waals surface area contributed by atoms with Crippen molar-refractivity contribution in [2.24, 2.45) is 11.8 Å². The van der Waals surface area contributed by atoms with E-state index in [1.54, 1.807) is 14.2 Å². The standard InChI is InChI=1S/C20H25N3O4S/c1-25-16-6-4-13(9-17(16)26-2)10-19-22-23-20(27-19)28-11-18(24)21-15-8-12-3-5-14(15)7-12/h4,6,9,12,14-15H,3,5,7-8,10-11H2,1-2H3,(H,21,24)/t12-,14+,15+/m0/s1. The first-order valence-corrected chi connectivity index (χ1v) is 10.6. The van der Waals surface area contributed by atoms with Crippen LogP contribution in [0.2, 0.25) is 0 Å². The summed E-state index contributed by atoms with van der Waals surface area (Å²) in [5.74, 6) is 3.67. The van der Waals surface area contributed by atoms with E-state index in [0.717, 1.165) is 17.9 Å². The number of carbonyl (C=O) groups is 1. The quantitative estimate of drug-likeness (QED) is 0.678. The molecule has 7 nitrogen and oxygen atoms in total. The molecular formula is C20H25N3O4S. The maximum absolute atomic E-state index is 12.2. The van der Waals surface area contributed by atoms with Gasteiger partial charge in [-0.15, -0.1) is 10.2 Å². The van der Waals surface area contributed by atoms with Gasteiger partial charge in [0.1, 0.15) is 0 Å². The van der Waals surface area contributed by atoms with Crippen molar-refractivity contribution < 1.29 is 18.7 Å². The van der Waals surface area contributed by atoms with Gasteiger partial charge in [0.25, 0.3) is 5.22 Å². The summed E-state index contributed by atoms with van der Waals surface area (Å²) in [5.41, 5.74) is 0.979. The highest BCUT2D eigenvalue weighted by atomic mass is 32.2. The van der Waals surface area contributed by atoms with E-state index < -0.39 is 0 Å². The highest BCUT2D eigenvalue weighted by Crippen LogP contribution is 2.44. The van der Waals surface area contributed by atoms with E-state index in [1.807, 2.05) is 18.2 Å². The monoisotopic (exact) mass is 403 g/mol. The Morgan fingerprint density at radius 3 is 2.79 bits per heavy atom. The van der Waals surface area contributed by atoms with Crippen LogP contribution in [0.3, 0.4) is 0 Å². The summed E-state index contributed by atoms with van der Waals surface area (Å²) in [6.07, 6.45) is 5.49. The average molecular weight is 404 g/mol. The molecule has 2 aliphatic rings. The minimum absolute atomic E-state index is 0.0437. The first-order chi connectivity index (χ1) is 13.6. The number of rotatable bonds is 8.